The summed E-state index contributed by atoms with van der Waals surface area (Å²) in [7, 11) is 0. The van der Waals surface area contributed by atoms with Gasteiger partial charge in [-0.1, -0.05) is 5.16 Å². The Kier molecular flexibility index (Phi) is 5.64. The average Bonchev–Trinajstić information content (AvgIpc) is 3.00. The van der Waals surface area contributed by atoms with Crippen LogP contribution >= 0.6 is 0 Å². The van der Waals surface area contributed by atoms with Gasteiger partial charge < -0.3 is 25.2 Å². The lowest BCUT2D eigenvalue weighted by Crippen LogP contribution is -2.14. The number of nitrogens with zero attached hydrogens (tertiary/aromatic N) is 1. The minimum Gasteiger partial charge on any atom is -0.491 e. The maximum absolute atomic E-state index is 8.55. The maximum Gasteiger partial charge on any atom is 0.170 e. The fourth-order valence-corrected chi connectivity index (χ4v) is 1.96. The third kappa shape index (κ3) is 4.40. The van der Waals surface area contributed by atoms with E-state index in [0.29, 0.717) is 24.7 Å². The molecular weight excluding hydrogens is 260 g/mol. The zero-order valence-corrected chi connectivity index (χ0v) is 11.3. The van der Waals surface area contributed by atoms with E-state index < -0.39 is 0 Å². The minimum atomic E-state index is 0.0821. The highest BCUT2D eigenvalue weighted by molar-refractivity contribution is 5.97. The van der Waals surface area contributed by atoms with Crippen molar-refractivity contribution in [3.05, 3.63) is 29.8 Å². The molecule has 1 atom stereocenters. The van der Waals surface area contributed by atoms with Gasteiger partial charge in [0.1, 0.15) is 12.4 Å². The molecule has 2 rings (SSSR count). The predicted molar refractivity (Wildman–Crippen MR) is 74.2 cm³/mol. The zero-order chi connectivity index (χ0) is 14.2. The summed E-state index contributed by atoms with van der Waals surface area (Å²) in [5, 5.41) is 11.5. The highest BCUT2D eigenvalue weighted by atomic mass is 16.5. The molecule has 1 saturated heterocycles. The molecule has 110 valence electrons. The third-order valence-corrected chi connectivity index (χ3v) is 3.13. The second-order valence-corrected chi connectivity index (χ2v) is 4.66. The van der Waals surface area contributed by atoms with Crippen molar-refractivity contribution in [2.24, 2.45) is 16.8 Å². The summed E-state index contributed by atoms with van der Waals surface area (Å²) in [6.45, 7) is 3.42. The lowest BCUT2D eigenvalue weighted by atomic mass is 10.1. The lowest BCUT2D eigenvalue weighted by molar-refractivity contribution is 0.0684. The van der Waals surface area contributed by atoms with E-state index in [0.717, 1.165) is 32.0 Å². The Morgan fingerprint density at radius 3 is 2.80 bits per heavy atom. The molecule has 6 nitrogen and oxygen atoms in total. The molecule has 0 aliphatic carbocycles. The summed E-state index contributed by atoms with van der Waals surface area (Å²) in [6.07, 6.45) is 1.08. The molecule has 0 bridgehead atoms. The van der Waals surface area contributed by atoms with Gasteiger partial charge in [-0.3, -0.25) is 0 Å². The molecule has 0 radical (unpaired) electrons. The molecule has 1 unspecified atom stereocenters. The van der Waals surface area contributed by atoms with Gasteiger partial charge in [-0.05, 0) is 30.7 Å². The van der Waals surface area contributed by atoms with Crippen molar-refractivity contribution < 1.29 is 19.4 Å². The first-order chi connectivity index (χ1) is 9.79. The van der Waals surface area contributed by atoms with E-state index in [-0.39, 0.29) is 5.84 Å². The normalized spacial score (nSPS) is 19.2. The van der Waals surface area contributed by atoms with Crippen molar-refractivity contribution in [1.82, 2.24) is 0 Å². The second kappa shape index (κ2) is 7.72. The predicted octanol–water partition coefficient (Wildman–Crippen LogP) is 1.21. The van der Waals surface area contributed by atoms with Crippen LogP contribution in [-0.2, 0) is 9.47 Å². The van der Waals surface area contributed by atoms with E-state index in [4.69, 9.17) is 25.2 Å². The molecule has 1 aliphatic rings. The first-order valence-corrected chi connectivity index (χ1v) is 6.66. The smallest absolute Gasteiger partial charge is 0.170 e. The Morgan fingerprint density at radius 1 is 1.35 bits per heavy atom. The lowest BCUT2D eigenvalue weighted by Gasteiger charge is -2.10. The van der Waals surface area contributed by atoms with Gasteiger partial charge in [0, 0.05) is 18.1 Å². The first kappa shape index (κ1) is 14.6. The third-order valence-electron chi connectivity index (χ3n) is 3.13. The number of oxime groups is 1. The molecule has 0 saturated carbocycles. The van der Waals surface area contributed by atoms with Crippen LogP contribution in [0.5, 0.6) is 5.75 Å². The molecule has 20 heavy (non-hydrogen) atoms. The number of hydrogen-bond donors (Lipinski definition) is 2. The van der Waals surface area contributed by atoms with Crippen molar-refractivity contribution in [3.63, 3.8) is 0 Å². The van der Waals surface area contributed by atoms with Crippen molar-refractivity contribution >= 4 is 5.84 Å². The van der Waals surface area contributed by atoms with Crippen molar-refractivity contribution in [3.8, 4) is 5.75 Å². The Labute approximate surface area is 118 Å². The van der Waals surface area contributed by atoms with Crippen LogP contribution in [0.3, 0.4) is 0 Å². The fraction of sp³-hybridized carbons (Fsp3) is 0.500. The molecule has 1 fully saturated rings. The van der Waals surface area contributed by atoms with Crippen LogP contribution < -0.4 is 10.5 Å². The second-order valence-electron chi connectivity index (χ2n) is 4.66. The molecule has 1 aromatic carbocycles. The largest absolute Gasteiger partial charge is 0.491 e. The van der Waals surface area contributed by atoms with E-state index in [1.165, 1.54) is 0 Å². The molecule has 6 heteroatoms. The van der Waals surface area contributed by atoms with Gasteiger partial charge in [0.15, 0.2) is 5.84 Å². The fourth-order valence-electron chi connectivity index (χ4n) is 1.96. The van der Waals surface area contributed by atoms with Crippen molar-refractivity contribution in [2.75, 3.05) is 33.0 Å². The Morgan fingerprint density at radius 2 is 2.15 bits per heavy atom. The van der Waals surface area contributed by atoms with Crippen LogP contribution in [0.4, 0.5) is 0 Å². The molecule has 0 amide bonds. The van der Waals surface area contributed by atoms with Crippen molar-refractivity contribution in [2.45, 2.75) is 6.42 Å². The topological polar surface area (TPSA) is 86.3 Å². The first-order valence-electron chi connectivity index (χ1n) is 6.66. The van der Waals surface area contributed by atoms with E-state index in [9.17, 15) is 0 Å². The van der Waals surface area contributed by atoms with Gasteiger partial charge in [-0.2, -0.15) is 0 Å². The molecule has 0 aromatic heterocycles. The summed E-state index contributed by atoms with van der Waals surface area (Å²) in [5.74, 6) is 1.33. The van der Waals surface area contributed by atoms with Crippen LogP contribution in [-0.4, -0.2) is 44.1 Å². The molecule has 3 N–H and O–H groups in total. The molecule has 1 aromatic rings. The van der Waals surface area contributed by atoms with Gasteiger partial charge in [0.05, 0.1) is 19.8 Å². The van der Waals surface area contributed by atoms with Crippen LogP contribution in [0.15, 0.2) is 29.4 Å². The van der Waals surface area contributed by atoms with Crippen LogP contribution in [0.25, 0.3) is 0 Å². The van der Waals surface area contributed by atoms with Gasteiger partial charge >= 0.3 is 0 Å². The summed E-state index contributed by atoms with van der Waals surface area (Å²) >= 11 is 0. The Balaban J connectivity index is 1.63. The number of nitrogens with two attached hydrogens (primary N) is 1. The van der Waals surface area contributed by atoms with Gasteiger partial charge in [-0.15, -0.1) is 0 Å². The molecule has 0 spiro atoms. The zero-order valence-electron chi connectivity index (χ0n) is 11.3. The quantitative estimate of drug-likeness (QED) is 0.258. The average molecular weight is 280 g/mol. The summed E-state index contributed by atoms with van der Waals surface area (Å²) in [5.41, 5.74) is 6.12. The Bertz CT molecular complexity index is 427. The number of hydrogen-bond acceptors (Lipinski definition) is 5. The number of ether oxygens (including phenoxy) is 3. The monoisotopic (exact) mass is 280 g/mol. The van der Waals surface area contributed by atoms with E-state index >= 15 is 0 Å². The van der Waals surface area contributed by atoms with Gasteiger partial charge in [0.25, 0.3) is 0 Å². The van der Waals surface area contributed by atoms with Gasteiger partial charge in [0.2, 0.25) is 0 Å². The number of amidine groups is 1. The van der Waals surface area contributed by atoms with E-state index in [2.05, 4.69) is 5.16 Å². The highest BCUT2D eigenvalue weighted by Crippen LogP contribution is 2.13. The summed E-state index contributed by atoms with van der Waals surface area (Å²) in [6, 6.07) is 7.03. The minimum absolute atomic E-state index is 0.0821. The van der Waals surface area contributed by atoms with Gasteiger partial charge in [-0.25, -0.2) is 0 Å². The van der Waals surface area contributed by atoms with Crippen LogP contribution in [0.2, 0.25) is 0 Å². The van der Waals surface area contributed by atoms with Crippen LogP contribution in [0.1, 0.15) is 12.0 Å². The molecule has 1 heterocycles. The standard InChI is InChI=1S/C14H20N2O4/c15-14(16-17)12-1-3-13(4-2-12)20-8-7-19-10-11-5-6-18-9-11/h1-4,11,17H,5-10H2,(H2,15,16). The number of rotatable bonds is 7. The SMILES string of the molecule is NC(=NO)c1ccc(OCCOCC2CCOC2)cc1. The van der Waals surface area contributed by atoms with E-state index in [1.807, 2.05) is 0 Å². The maximum atomic E-state index is 8.55. The summed E-state index contributed by atoms with van der Waals surface area (Å²) < 4.78 is 16.4. The van der Waals surface area contributed by atoms with Crippen molar-refractivity contribution in [1.29, 1.82) is 0 Å². The highest BCUT2D eigenvalue weighted by Gasteiger charge is 2.15. The van der Waals surface area contributed by atoms with Crippen LogP contribution in [0, 0.1) is 5.92 Å². The number of benzene rings is 1. The summed E-state index contributed by atoms with van der Waals surface area (Å²) in [4.78, 5) is 0. The molecular formula is C14H20N2O4. The Hall–Kier alpha value is -1.79. The molecule has 1 aliphatic heterocycles. The van der Waals surface area contributed by atoms with E-state index in [1.54, 1.807) is 24.3 Å².